The van der Waals surface area contributed by atoms with Gasteiger partial charge in [0, 0.05) is 6.42 Å². The molecule has 0 bridgehead atoms. The summed E-state index contributed by atoms with van der Waals surface area (Å²) in [5.74, 6) is -0.696. The van der Waals surface area contributed by atoms with Crippen LogP contribution in [0.4, 0.5) is 0 Å². The molecular formula is C18H30O2. The average Bonchev–Trinajstić information content (AvgIpc) is 2.43. The van der Waals surface area contributed by atoms with E-state index >= 15 is 0 Å². The Morgan fingerprint density at radius 2 is 1.55 bits per heavy atom. The van der Waals surface area contributed by atoms with Crippen LogP contribution in [0.25, 0.3) is 0 Å². The van der Waals surface area contributed by atoms with Gasteiger partial charge in [0.05, 0.1) is 0 Å². The monoisotopic (exact) mass is 278 g/mol. The highest BCUT2D eigenvalue weighted by atomic mass is 16.4. The SMILES string of the molecule is CCCCCC/C=C/C=C/C/C=C\CCCCC(=O)O. The Hall–Kier alpha value is -1.31. The van der Waals surface area contributed by atoms with E-state index in [1.807, 2.05) is 0 Å². The molecule has 0 fully saturated rings. The largest absolute Gasteiger partial charge is 0.481 e. The third-order valence-electron chi connectivity index (χ3n) is 3.06. The first kappa shape index (κ1) is 18.7. The van der Waals surface area contributed by atoms with Crippen LogP contribution in [-0.4, -0.2) is 11.1 Å². The van der Waals surface area contributed by atoms with Crippen molar-refractivity contribution in [2.45, 2.75) is 71.1 Å². The van der Waals surface area contributed by atoms with E-state index in [4.69, 9.17) is 5.11 Å². The van der Waals surface area contributed by atoms with Crippen LogP contribution in [0, 0.1) is 0 Å². The molecule has 20 heavy (non-hydrogen) atoms. The van der Waals surface area contributed by atoms with Gasteiger partial charge in [0.15, 0.2) is 0 Å². The van der Waals surface area contributed by atoms with Gasteiger partial charge in [0.2, 0.25) is 0 Å². The lowest BCUT2D eigenvalue weighted by Crippen LogP contribution is -1.92. The lowest BCUT2D eigenvalue weighted by molar-refractivity contribution is -0.137. The lowest BCUT2D eigenvalue weighted by Gasteiger charge is -1.93. The van der Waals surface area contributed by atoms with E-state index in [1.54, 1.807) is 0 Å². The Bertz CT molecular complexity index is 301. The van der Waals surface area contributed by atoms with Gasteiger partial charge in [-0.2, -0.15) is 0 Å². The molecule has 1 N–H and O–H groups in total. The molecule has 0 aliphatic heterocycles. The highest BCUT2D eigenvalue weighted by molar-refractivity contribution is 5.66. The van der Waals surface area contributed by atoms with Crippen molar-refractivity contribution in [3.63, 3.8) is 0 Å². The predicted octanol–water partition coefficient (Wildman–Crippen LogP) is 5.66. The van der Waals surface area contributed by atoms with E-state index in [0.717, 1.165) is 25.7 Å². The predicted molar refractivity (Wildman–Crippen MR) is 86.9 cm³/mol. The number of unbranched alkanes of at least 4 members (excludes halogenated alkanes) is 6. The number of rotatable bonds is 13. The molecule has 0 saturated carbocycles. The molecule has 0 unspecified atom stereocenters. The van der Waals surface area contributed by atoms with Crippen molar-refractivity contribution < 1.29 is 9.90 Å². The maximum Gasteiger partial charge on any atom is 0.303 e. The first-order chi connectivity index (χ1) is 9.77. The zero-order chi connectivity index (χ0) is 14.9. The number of carbonyl (C=O) groups is 1. The Balaban J connectivity index is 3.33. The molecular weight excluding hydrogens is 248 g/mol. The fraction of sp³-hybridized carbons (Fsp3) is 0.611. The van der Waals surface area contributed by atoms with Crippen molar-refractivity contribution in [1.82, 2.24) is 0 Å². The van der Waals surface area contributed by atoms with Crippen molar-refractivity contribution in [3.8, 4) is 0 Å². The summed E-state index contributed by atoms with van der Waals surface area (Å²) in [4.78, 5) is 10.3. The summed E-state index contributed by atoms with van der Waals surface area (Å²) in [6, 6.07) is 0. The molecule has 0 spiro atoms. The first-order valence-corrected chi connectivity index (χ1v) is 7.95. The molecule has 0 heterocycles. The van der Waals surface area contributed by atoms with Crippen LogP contribution in [0.1, 0.15) is 71.1 Å². The molecule has 0 saturated heterocycles. The summed E-state index contributed by atoms with van der Waals surface area (Å²) in [6.07, 6.45) is 23.3. The van der Waals surface area contributed by atoms with E-state index < -0.39 is 5.97 Å². The molecule has 2 nitrogen and oxygen atoms in total. The summed E-state index contributed by atoms with van der Waals surface area (Å²) in [7, 11) is 0. The Morgan fingerprint density at radius 3 is 2.30 bits per heavy atom. The smallest absolute Gasteiger partial charge is 0.303 e. The van der Waals surface area contributed by atoms with Gasteiger partial charge in [-0.05, 0) is 38.5 Å². The Labute approximate surface area is 124 Å². The summed E-state index contributed by atoms with van der Waals surface area (Å²) in [5, 5.41) is 8.48. The van der Waals surface area contributed by atoms with Crippen molar-refractivity contribution in [2.75, 3.05) is 0 Å². The molecule has 0 aromatic heterocycles. The topological polar surface area (TPSA) is 37.3 Å². The molecule has 0 aliphatic carbocycles. The van der Waals surface area contributed by atoms with Crippen LogP contribution < -0.4 is 0 Å². The van der Waals surface area contributed by atoms with E-state index in [-0.39, 0.29) is 6.42 Å². The minimum absolute atomic E-state index is 0.288. The molecule has 0 atom stereocenters. The van der Waals surface area contributed by atoms with Crippen LogP contribution in [0.2, 0.25) is 0 Å². The van der Waals surface area contributed by atoms with Gasteiger partial charge in [-0.15, -0.1) is 0 Å². The Kier molecular flexibility index (Phi) is 14.7. The number of carboxylic acids is 1. The standard InChI is InChI=1S/C18H30O2/c1-2-3-4-5-6-7-8-9-10-11-12-13-14-15-16-17-18(19)20/h7-10,12-13H,2-6,11,14-17H2,1H3,(H,19,20)/b8-7+,10-9+,13-12-. The molecule has 0 rings (SSSR count). The third kappa shape index (κ3) is 16.7. The molecule has 114 valence electrons. The van der Waals surface area contributed by atoms with Crippen LogP contribution in [0.15, 0.2) is 36.5 Å². The fourth-order valence-electron chi connectivity index (χ4n) is 1.85. The quantitative estimate of drug-likeness (QED) is 0.268. The van der Waals surface area contributed by atoms with Crippen molar-refractivity contribution >= 4 is 5.97 Å². The van der Waals surface area contributed by atoms with E-state index in [1.165, 1.54) is 32.1 Å². The highest BCUT2D eigenvalue weighted by Gasteiger charge is 1.93. The number of hydrogen-bond donors (Lipinski definition) is 1. The number of allylic oxidation sites excluding steroid dienone is 6. The Morgan fingerprint density at radius 1 is 0.850 bits per heavy atom. The minimum atomic E-state index is -0.696. The van der Waals surface area contributed by atoms with Crippen LogP contribution in [0.3, 0.4) is 0 Å². The molecule has 0 aliphatic rings. The van der Waals surface area contributed by atoms with Gasteiger partial charge in [0.1, 0.15) is 0 Å². The van der Waals surface area contributed by atoms with Crippen LogP contribution in [-0.2, 0) is 4.79 Å². The van der Waals surface area contributed by atoms with Gasteiger partial charge in [-0.3, -0.25) is 4.79 Å². The summed E-state index contributed by atoms with van der Waals surface area (Å²) in [5.41, 5.74) is 0. The maximum atomic E-state index is 10.3. The zero-order valence-electron chi connectivity index (χ0n) is 12.9. The normalized spacial score (nSPS) is 12.1. The van der Waals surface area contributed by atoms with Gasteiger partial charge < -0.3 is 5.11 Å². The second-order valence-corrected chi connectivity index (χ2v) is 5.05. The van der Waals surface area contributed by atoms with Crippen LogP contribution >= 0.6 is 0 Å². The molecule has 0 amide bonds. The number of carboxylic acid groups (broad SMARTS) is 1. The number of aliphatic carboxylic acids is 1. The zero-order valence-corrected chi connectivity index (χ0v) is 12.9. The number of hydrogen-bond acceptors (Lipinski definition) is 1. The van der Waals surface area contributed by atoms with Gasteiger partial charge in [0.25, 0.3) is 0 Å². The second kappa shape index (κ2) is 15.7. The minimum Gasteiger partial charge on any atom is -0.481 e. The second-order valence-electron chi connectivity index (χ2n) is 5.05. The molecule has 0 aromatic rings. The summed E-state index contributed by atoms with van der Waals surface area (Å²) in [6.45, 7) is 2.23. The van der Waals surface area contributed by atoms with Gasteiger partial charge in [-0.1, -0.05) is 62.6 Å². The fourth-order valence-corrected chi connectivity index (χ4v) is 1.85. The average molecular weight is 278 g/mol. The molecule has 0 aromatic carbocycles. The maximum absolute atomic E-state index is 10.3. The highest BCUT2D eigenvalue weighted by Crippen LogP contribution is 2.03. The van der Waals surface area contributed by atoms with Crippen molar-refractivity contribution in [3.05, 3.63) is 36.5 Å². The van der Waals surface area contributed by atoms with Crippen molar-refractivity contribution in [2.24, 2.45) is 0 Å². The van der Waals surface area contributed by atoms with Crippen LogP contribution in [0.5, 0.6) is 0 Å². The van der Waals surface area contributed by atoms with Gasteiger partial charge >= 0.3 is 5.97 Å². The third-order valence-corrected chi connectivity index (χ3v) is 3.06. The van der Waals surface area contributed by atoms with E-state index in [2.05, 4.69) is 43.4 Å². The lowest BCUT2D eigenvalue weighted by atomic mass is 10.1. The molecule has 2 heteroatoms. The van der Waals surface area contributed by atoms with E-state index in [0.29, 0.717) is 0 Å². The van der Waals surface area contributed by atoms with Crippen molar-refractivity contribution in [1.29, 1.82) is 0 Å². The van der Waals surface area contributed by atoms with E-state index in [9.17, 15) is 4.79 Å². The molecule has 0 radical (unpaired) electrons. The summed E-state index contributed by atoms with van der Waals surface area (Å²) < 4.78 is 0. The first-order valence-electron chi connectivity index (χ1n) is 7.95. The summed E-state index contributed by atoms with van der Waals surface area (Å²) >= 11 is 0. The van der Waals surface area contributed by atoms with Gasteiger partial charge in [-0.25, -0.2) is 0 Å².